The number of benzene rings is 2. The molecule has 0 amide bonds. The van der Waals surface area contributed by atoms with E-state index in [-0.39, 0.29) is 12.3 Å². The third-order valence-electron chi connectivity index (χ3n) is 2.93. The average molecular weight is 347 g/mol. The third-order valence-corrected chi connectivity index (χ3v) is 3.39. The maximum absolute atomic E-state index is 10.8. The summed E-state index contributed by atoms with van der Waals surface area (Å²) in [6.07, 6.45) is 0. The highest BCUT2D eigenvalue weighted by Crippen LogP contribution is 2.27. The fraction of sp³-hybridized carbons (Fsp3) is 0.133. The van der Waals surface area contributed by atoms with E-state index in [9.17, 15) is 10.1 Å². The highest BCUT2D eigenvalue weighted by atomic mass is 79.9. The maximum Gasteiger partial charge on any atom is 0.274 e. The fourth-order valence-corrected chi connectivity index (χ4v) is 2.29. The summed E-state index contributed by atoms with van der Waals surface area (Å²) in [7, 11) is 0. The molecule has 0 fully saturated rings. The number of nitriles is 1. The molecule has 0 atom stereocenters. The summed E-state index contributed by atoms with van der Waals surface area (Å²) < 4.78 is 6.19. The molecule has 0 unspecified atom stereocenters. The van der Waals surface area contributed by atoms with Crippen LogP contribution in [0.25, 0.3) is 0 Å². The number of hydrogen-bond acceptors (Lipinski definition) is 4. The lowest BCUT2D eigenvalue weighted by Gasteiger charge is -2.09. The molecule has 0 heterocycles. The average Bonchev–Trinajstić information content (AvgIpc) is 2.45. The van der Waals surface area contributed by atoms with Crippen molar-refractivity contribution in [3.8, 4) is 11.8 Å². The van der Waals surface area contributed by atoms with Gasteiger partial charge < -0.3 is 4.74 Å². The Morgan fingerprint density at radius 2 is 2.10 bits per heavy atom. The summed E-state index contributed by atoms with van der Waals surface area (Å²) in [4.78, 5) is 10.3. The van der Waals surface area contributed by atoms with Crippen LogP contribution in [0.3, 0.4) is 0 Å². The Morgan fingerprint density at radius 3 is 2.71 bits per heavy atom. The minimum absolute atomic E-state index is 0.0316. The van der Waals surface area contributed by atoms with Crippen molar-refractivity contribution in [2.75, 3.05) is 0 Å². The number of nitro groups is 1. The minimum atomic E-state index is -0.468. The topological polar surface area (TPSA) is 76.2 Å². The lowest BCUT2D eigenvalue weighted by Crippen LogP contribution is -1.99. The monoisotopic (exact) mass is 346 g/mol. The van der Waals surface area contributed by atoms with Gasteiger partial charge in [0.25, 0.3) is 5.69 Å². The molecule has 2 rings (SSSR count). The first kappa shape index (κ1) is 15.0. The summed E-state index contributed by atoms with van der Waals surface area (Å²) in [5.74, 6) is 0.417. The second-order valence-corrected chi connectivity index (χ2v) is 5.36. The first-order valence-electron chi connectivity index (χ1n) is 6.07. The van der Waals surface area contributed by atoms with Gasteiger partial charge in [-0.1, -0.05) is 22.0 Å². The van der Waals surface area contributed by atoms with E-state index >= 15 is 0 Å². The van der Waals surface area contributed by atoms with Gasteiger partial charge >= 0.3 is 0 Å². The van der Waals surface area contributed by atoms with Crippen LogP contribution in [0.2, 0.25) is 0 Å². The molecule has 0 saturated heterocycles. The predicted molar refractivity (Wildman–Crippen MR) is 81.0 cm³/mol. The number of nitro benzene ring substituents is 1. The number of ether oxygens (including phenoxy) is 1. The van der Waals surface area contributed by atoms with Gasteiger partial charge in [-0.15, -0.1) is 0 Å². The summed E-state index contributed by atoms with van der Waals surface area (Å²) in [6, 6.07) is 11.9. The summed E-state index contributed by atoms with van der Waals surface area (Å²) >= 11 is 3.22. The van der Waals surface area contributed by atoms with Crippen LogP contribution >= 0.6 is 15.9 Å². The summed E-state index contributed by atoms with van der Waals surface area (Å²) in [6.45, 7) is 2.17. The van der Waals surface area contributed by atoms with E-state index in [1.54, 1.807) is 18.2 Å². The predicted octanol–water partition coefficient (Wildman–Crippen LogP) is 4.12. The van der Waals surface area contributed by atoms with E-state index in [4.69, 9.17) is 10.00 Å². The van der Waals surface area contributed by atoms with Crippen LogP contribution in [0.1, 0.15) is 16.7 Å². The molecule has 0 bridgehead atoms. The van der Waals surface area contributed by atoms with E-state index in [0.29, 0.717) is 15.8 Å². The van der Waals surface area contributed by atoms with Gasteiger partial charge in [0.05, 0.1) is 22.6 Å². The molecule has 0 spiro atoms. The van der Waals surface area contributed by atoms with Gasteiger partial charge in [0.2, 0.25) is 0 Å². The van der Waals surface area contributed by atoms with Gasteiger partial charge in [0.1, 0.15) is 12.4 Å². The van der Waals surface area contributed by atoms with Crippen LogP contribution in [0.15, 0.2) is 40.9 Å². The zero-order chi connectivity index (χ0) is 15.4. The summed E-state index contributed by atoms with van der Waals surface area (Å²) in [5.41, 5.74) is 2.43. The van der Waals surface area contributed by atoms with Crippen LogP contribution in [0.5, 0.6) is 5.75 Å². The first-order chi connectivity index (χ1) is 9.99. The minimum Gasteiger partial charge on any atom is -0.489 e. The molecule has 106 valence electrons. The highest BCUT2D eigenvalue weighted by molar-refractivity contribution is 9.10. The Morgan fingerprint density at radius 1 is 1.33 bits per heavy atom. The van der Waals surface area contributed by atoms with Crippen molar-refractivity contribution in [1.29, 1.82) is 5.26 Å². The molecule has 0 aliphatic rings. The molecule has 2 aromatic rings. The zero-order valence-electron chi connectivity index (χ0n) is 11.2. The van der Waals surface area contributed by atoms with Gasteiger partial charge in [-0.05, 0) is 36.2 Å². The Bertz CT molecular complexity index is 738. The van der Waals surface area contributed by atoms with Gasteiger partial charge in [-0.25, -0.2) is 0 Å². The van der Waals surface area contributed by atoms with Crippen LogP contribution in [-0.2, 0) is 6.61 Å². The van der Waals surface area contributed by atoms with Crippen molar-refractivity contribution < 1.29 is 9.66 Å². The second-order valence-electron chi connectivity index (χ2n) is 4.44. The van der Waals surface area contributed by atoms with Crippen molar-refractivity contribution in [3.63, 3.8) is 0 Å². The molecule has 0 aliphatic heterocycles. The number of nitrogens with zero attached hydrogens (tertiary/aromatic N) is 2. The summed E-state index contributed by atoms with van der Waals surface area (Å²) in [5, 5.41) is 19.6. The van der Waals surface area contributed by atoms with Crippen molar-refractivity contribution in [2.45, 2.75) is 13.5 Å². The zero-order valence-corrected chi connectivity index (χ0v) is 12.8. The van der Waals surface area contributed by atoms with E-state index in [1.165, 1.54) is 12.1 Å². The lowest BCUT2D eigenvalue weighted by atomic mass is 10.1. The van der Waals surface area contributed by atoms with Gasteiger partial charge in [-0.2, -0.15) is 5.26 Å². The fourth-order valence-electron chi connectivity index (χ4n) is 1.83. The van der Waals surface area contributed by atoms with Crippen molar-refractivity contribution in [1.82, 2.24) is 0 Å². The van der Waals surface area contributed by atoms with E-state index in [0.717, 1.165) is 11.1 Å². The molecule has 21 heavy (non-hydrogen) atoms. The molecule has 0 N–H and O–H groups in total. The lowest BCUT2D eigenvalue weighted by molar-refractivity contribution is -0.385. The number of rotatable bonds is 4. The van der Waals surface area contributed by atoms with Gasteiger partial charge in [0, 0.05) is 10.5 Å². The normalized spacial score (nSPS) is 9.95. The number of halogens is 1. The van der Waals surface area contributed by atoms with E-state index < -0.39 is 4.92 Å². The van der Waals surface area contributed by atoms with Crippen molar-refractivity contribution >= 4 is 21.6 Å². The van der Waals surface area contributed by atoms with E-state index in [2.05, 4.69) is 22.0 Å². The molecule has 0 aliphatic carbocycles. The van der Waals surface area contributed by atoms with Crippen molar-refractivity contribution in [2.24, 2.45) is 0 Å². The quantitative estimate of drug-likeness (QED) is 0.616. The van der Waals surface area contributed by atoms with Crippen LogP contribution in [0, 0.1) is 28.4 Å². The highest BCUT2D eigenvalue weighted by Gasteiger charge is 2.10. The molecule has 0 radical (unpaired) electrons. The molecule has 6 heteroatoms. The molecule has 0 aromatic heterocycles. The van der Waals surface area contributed by atoms with E-state index in [1.807, 2.05) is 13.0 Å². The molecular weight excluding hydrogens is 336 g/mol. The number of non-ortho nitro benzene ring substituents is 1. The molecule has 5 nitrogen and oxygen atoms in total. The standard InChI is InChI=1S/C15H11BrN2O3/c1-10-4-11(8-17)2-3-12(10)9-21-15-6-13(16)5-14(7-15)18(19)20/h2-7H,9H2,1H3. The Balaban J connectivity index is 2.17. The van der Waals surface area contributed by atoms with Crippen LogP contribution < -0.4 is 4.74 Å². The Hall–Kier alpha value is -2.39. The van der Waals surface area contributed by atoms with Gasteiger partial charge in [0.15, 0.2) is 0 Å². The van der Waals surface area contributed by atoms with Gasteiger partial charge in [-0.3, -0.25) is 10.1 Å². The van der Waals surface area contributed by atoms with Crippen LogP contribution in [0.4, 0.5) is 5.69 Å². The first-order valence-corrected chi connectivity index (χ1v) is 6.86. The second kappa shape index (κ2) is 6.37. The van der Waals surface area contributed by atoms with Crippen molar-refractivity contribution in [3.05, 3.63) is 67.7 Å². The Labute approximate surface area is 130 Å². The number of hydrogen-bond donors (Lipinski definition) is 0. The largest absolute Gasteiger partial charge is 0.489 e. The van der Waals surface area contributed by atoms with Crippen LogP contribution in [-0.4, -0.2) is 4.92 Å². The molecule has 2 aromatic carbocycles. The molecule has 0 saturated carbocycles. The maximum atomic E-state index is 10.8. The SMILES string of the molecule is Cc1cc(C#N)ccc1COc1cc(Br)cc([N+](=O)[O-])c1. The smallest absolute Gasteiger partial charge is 0.274 e. The number of aryl methyl sites for hydroxylation is 1. The third kappa shape index (κ3) is 3.80. The Kier molecular flexibility index (Phi) is 4.55. The molecular formula is C15H11BrN2O3.